The van der Waals surface area contributed by atoms with E-state index in [2.05, 4.69) is 77.8 Å². The normalized spacial score (nSPS) is 14.0. The van der Waals surface area contributed by atoms with Crippen LogP contribution in [0.15, 0.2) is 48.5 Å². The lowest BCUT2D eigenvalue weighted by atomic mass is 10.0. The van der Waals surface area contributed by atoms with Gasteiger partial charge in [0, 0.05) is 10.9 Å². The zero-order chi connectivity index (χ0) is 11.8. The number of fused-ring (bicyclic) bond motifs is 1. The van der Waals surface area contributed by atoms with Crippen molar-refractivity contribution in [1.29, 1.82) is 0 Å². The summed E-state index contributed by atoms with van der Waals surface area (Å²) in [6, 6.07) is 17.1. The predicted molar refractivity (Wildman–Crippen MR) is 76.8 cm³/mol. The maximum atomic E-state index is 3.71. The van der Waals surface area contributed by atoms with E-state index in [1.54, 1.807) is 0 Å². The molecule has 0 unspecified atom stereocenters. The van der Waals surface area contributed by atoms with Crippen LogP contribution in [0.3, 0.4) is 0 Å². The minimum Gasteiger partial charge on any atom is -0.0619 e. The molecule has 1 radical (unpaired) electrons. The summed E-state index contributed by atoms with van der Waals surface area (Å²) < 4.78 is 1.19. The molecule has 0 bridgehead atoms. The minimum atomic E-state index is 1.19. The smallest absolute Gasteiger partial charge is 0.0295 e. The molecule has 2 aromatic carbocycles. The Hall–Kier alpha value is -1.34. The van der Waals surface area contributed by atoms with E-state index < -0.39 is 0 Å². The molecule has 0 saturated heterocycles. The van der Waals surface area contributed by atoms with Crippen molar-refractivity contribution in [3.8, 4) is 0 Å². The van der Waals surface area contributed by atoms with Crippen LogP contribution in [0.4, 0.5) is 0 Å². The highest BCUT2D eigenvalue weighted by Crippen LogP contribution is 2.42. The van der Waals surface area contributed by atoms with Gasteiger partial charge in [0.1, 0.15) is 0 Å². The highest BCUT2D eigenvalue weighted by atomic mass is 79.9. The second kappa shape index (κ2) is 4.15. The van der Waals surface area contributed by atoms with Crippen molar-refractivity contribution in [2.75, 3.05) is 0 Å². The van der Waals surface area contributed by atoms with E-state index in [1.165, 1.54) is 32.3 Å². The molecule has 0 N–H and O–H groups in total. The van der Waals surface area contributed by atoms with Crippen molar-refractivity contribution >= 4 is 26.0 Å². The fourth-order valence-electron chi connectivity index (χ4n) is 2.13. The first-order chi connectivity index (χ1) is 8.25. The van der Waals surface area contributed by atoms with Crippen LogP contribution in [0, 0.1) is 13.3 Å². The number of halogens is 1. The van der Waals surface area contributed by atoms with Crippen LogP contribution in [0.1, 0.15) is 22.3 Å². The lowest BCUT2D eigenvalue weighted by Crippen LogP contribution is -1.83. The molecule has 1 aliphatic rings. The van der Waals surface area contributed by atoms with Crippen LogP contribution >= 0.6 is 15.9 Å². The van der Waals surface area contributed by atoms with Crippen molar-refractivity contribution in [2.45, 2.75) is 6.92 Å². The lowest BCUT2D eigenvalue weighted by molar-refractivity contribution is 1.45. The van der Waals surface area contributed by atoms with E-state index in [-0.39, 0.29) is 0 Å². The van der Waals surface area contributed by atoms with E-state index in [4.69, 9.17) is 0 Å². The number of aryl methyl sites for hydroxylation is 1. The Kier molecular flexibility index (Phi) is 2.64. The van der Waals surface area contributed by atoms with Crippen LogP contribution in [-0.4, -0.2) is 0 Å². The number of rotatable bonds is 1. The maximum Gasteiger partial charge on any atom is 0.0295 e. The molecular weight excluding hydrogens is 272 g/mol. The average molecular weight is 284 g/mol. The van der Waals surface area contributed by atoms with Crippen LogP contribution in [0.2, 0.25) is 0 Å². The summed E-state index contributed by atoms with van der Waals surface area (Å²) in [5.74, 6) is 0. The second-order valence-corrected chi connectivity index (χ2v) is 5.12. The van der Waals surface area contributed by atoms with Gasteiger partial charge in [0.15, 0.2) is 0 Å². The van der Waals surface area contributed by atoms with E-state index in [0.29, 0.717) is 0 Å². The molecule has 83 valence electrons. The summed E-state index contributed by atoms with van der Waals surface area (Å²) >= 11 is 3.71. The number of benzene rings is 2. The van der Waals surface area contributed by atoms with Crippen molar-refractivity contribution in [1.82, 2.24) is 0 Å². The first-order valence-corrected chi connectivity index (χ1v) is 6.46. The Bertz CT molecular complexity index is 591. The molecule has 0 amide bonds. The van der Waals surface area contributed by atoms with Gasteiger partial charge in [-0.2, -0.15) is 0 Å². The molecule has 0 spiro atoms. The first kappa shape index (κ1) is 10.8. The molecule has 0 heterocycles. The Morgan fingerprint density at radius 2 is 1.59 bits per heavy atom. The summed E-state index contributed by atoms with van der Waals surface area (Å²) in [6.45, 7) is 2.11. The van der Waals surface area contributed by atoms with E-state index in [1.807, 2.05) is 0 Å². The standard InChI is InChI=1S/C16H12Br/c1-11-6-8-12(9-7-11)15-10-13-4-2-3-5-14(13)16(15)17/h2-10H,1H3. The third-order valence-electron chi connectivity index (χ3n) is 3.10. The molecule has 0 aromatic heterocycles. The molecule has 0 atom stereocenters. The molecule has 1 heteroatoms. The monoisotopic (exact) mass is 283 g/mol. The van der Waals surface area contributed by atoms with Crippen molar-refractivity contribution < 1.29 is 0 Å². The zero-order valence-electron chi connectivity index (χ0n) is 9.57. The van der Waals surface area contributed by atoms with Gasteiger partial charge < -0.3 is 0 Å². The highest BCUT2D eigenvalue weighted by Gasteiger charge is 2.20. The fraction of sp³-hybridized carbons (Fsp3) is 0.0625. The first-order valence-electron chi connectivity index (χ1n) is 5.67. The van der Waals surface area contributed by atoms with Crippen molar-refractivity contribution in [2.24, 2.45) is 0 Å². The van der Waals surface area contributed by atoms with Gasteiger partial charge in [-0.05, 0) is 45.1 Å². The lowest BCUT2D eigenvalue weighted by Gasteiger charge is -2.03. The molecule has 0 saturated carbocycles. The molecule has 17 heavy (non-hydrogen) atoms. The summed E-state index contributed by atoms with van der Waals surface area (Å²) in [5.41, 5.74) is 6.39. The van der Waals surface area contributed by atoms with E-state index >= 15 is 0 Å². The van der Waals surface area contributed by atoms with Gasteiger partial charge in [-0.1, -0.05) is 54.1 Å². The van der Waals surface area contributed by atoms with Crippen LogP contribution in [0.25, 0.3) is 10.1 Å². The van der Waals surface area contributed by atoms with E-state index in [9.17, 15) is 0 Å². The third kappa shape index (κ3) is 1.85. The number of allylic oxidation sites excluding steroid dienone is 1. The Morgan fingerprint density at radius 1 is 0.882 bits per heavy atom. The summed E-state index contributed by atoms with van der Waals surface area (Å²) in [7, 11) is 0. The molecular formula is C16H12Br. The zero-order valence-corrected chi connectivity index (χ0v) is 11.2. The molecule has 0 aliphatic heterocycles. The van der Waals surface area contributed by atoms with E-state index in [0.717, 1.165) is 0 Å². The quantitative estimate of drug-likeness (QED) is 0.704. The van der Waals surface area contributed by atoms with Gasteiger partial charge in [-0.15, -0.1) is 0 Å². The molecule has 2 aromatic rings. The maximum absolute atomic E-state index is 3.71. The van der Waals surface area contributed by atoms with Gasteiger partial charge in [-0.3, -0.25) is 0 Å². The van der Waals surface area contributed by atoms with Gasteiger partial charge in [0.2, 0.25) is 0 Å². The van der Waals surface area contributed by atoms with Crippen molar-refractivity contribution in [3.63, 3.8) is 0 Å². The Morgan fingerprint density at radius 3 is 2.29 bits per heavy atom. The SMILES string of the molecule is Cc1ccc(C2=C(Br)c3ccccc3[CH]2)cc1. The Labute approximate surface area is 110 Å². The van der Waals surface area contributed by atoms with Gasteiger partial charge in [0.25, 0.3) is 0 Å². The Balaban J connectivity index is 2.08. The number of hydrogen-bond donors (Lipinski definition) is 0. The van der Waals surface area contributed by atoms with Gasteiger partial charge >= 0.3 is 0 Å². The number of hydrogen-bond acceptors (Lipinski definition) is 0. The highest BCUT2D eigenvalue weighted by molar-refractivity contribution is 9.15. The largest absolute Gasteiger partial charge is 0.0619 e. The fourth-order valence-corrected chi connectivity index (χ4v) is 2.83. The molecule has 3 rings (SSSR count). The van der Waals surface area contributed by atoms with Gasteiger partial charge in [0.05, 0.1) is 0 Å². The van der Waals surface area contributed by atoms with Gasteiger partial charge in [-0.25, -0.2) is 0 Å². The van der Waals surface area contributed by atoms with Crippen LogP contribution < -0.4 is 0 Å². The molecule has 0 nitrogen and oxygen atoms in total. The molecule has 1 aliphatic carbocycles. The summed E-state index contributed by atoms with van der Waals surface area (Å²) in [4.78, 5) is 0. The van der Waals surface area contributed by atoms with Crippen LogP contribution in [-0.2, 0) is 0 Å². The van der Waals surface area contributed by atoms with Crippen molar-refractivity contribution in [3.05, 3.63) is 77.2 Å². The second-order valence-electron chi connectivity index (χ2n) is 4.33. The third-order valence-corrected chi connectivity index (χ3v) is 3.95. The average Bonchev–Trinajstić information content (AvgIpc) is 2.69. The minimum absolute atomic E-state index is 1.19. The molecule has 0 fully saturated rings. The predicted octanol–water partition coefficient (Wildman–Crippen LogP) is 4.82. The topological polar surface area (TPSA) is 0 Å². The summed E-state index contributed by atoms with van der Waals surface area (Å²) in [5, 5.41) is 0. The summed E-state index contributed by atoms with van der Waals surface area (Å²) in [6.07, 6.45) is 2.24. The van der Waals surface area contributed by atoms with Crippen LogP contribution in [0.5, 0.6) is 0 Å².